The van der Waals surface area contributed by atoms with E-state index in [2.05, 4.69) is 23.3 Å². The Labute approximate surface area is 101 Å². The summed E-state index contributed by atoms with van der Waals surface area (Å²) in [6.45, 7) is 2.89. The molecule has 0 N–H and O–H groups in total. The van der Waals surface area contributed by atoms with Crippen molar-refractivity contribution in [2.75, 3.05) is 0 Å². The molecule has 0 aliphatic carbocycles. The van der Waals surface area contributed by atoms with Crippen molar-refractivity contribution >= 4 is 0 Å². The highest BCUT2D eigenvalue weighted by Gasteiger charge is 2.12. The highest BCUT2D eigenvalue weighted by molar-refractivity contribution is 5.30. The number of benzene rings is 1. The van der Waals surface area contributed by atoms with Crippen LogP contribution in [-0.2, 0) is 13.0 Å². The average Bonchev–Trinajstić information content (AvgIpc) is 2.74. The molecule has 0 amide bonds. The van der Waals surface area contributed by atoms with Crippen molar-refractivity contribution in [3.8, 4) is 6.07 Å². The fourth-order valence-electron chi connectivity index (χ4n) is 1.78. The molecule has 86 valence electrons. The molecule has 1 aromatic carbocycles. The van der Waals surface area contributed by atoms with E-state index in [9.17, 15) is 0 Å². The van der Waals surface area contributed by atoms with Crippen molar-refractivity contribution < 1.29 is 0 Å². The first-order valence-corrected chi connectivity index (χ1v) is 5.71. The van der Waals surface area contributed by atoms with Crippen LogP contribution in [0.5, 0.6) is 0 Å². The molecule has 1 aromatic heterocycles. The third-order valence-electron chi connectivity index (χ3n) is 2.59. The van der Waals surface area contributed by atoms with Crippen molar-refractivity contribution in [2.24, 2.45) is 0 Å². The highest BCUT2D eigenvalue weighted by Crippen LogP contribution is 2.12. The Morgan fingerprint density at radius 1 is 1.29 bits per heavy atom. The van der Waals surface area contributed by atoms with Crippen LogP contribution in [0.1, 0.15) is 30.3 Å². The zero-order valence-corrected chi connectivity index (χ0v) is 9.80. The zero-order valence-electron chi connectivity index (χ0n) is 9.80. The summed E-state index contributed by atoms with van der Waals surface area (Å²) in [5, 5.41) is 16.9. The second-order valence-corrected chi connectivity index (χ2v) is 3.88. The fraction of sp³-hybridized carbons (Fsp3) is 0.308. The van der Waals surface area contributed by atoms with Gasteiger partial charge in [-0.05, 0) is 12.0 Å². The first-order chi connectivity index (χ1) is 8.35. The quantitative estimate of drug-likeness (QED) is 0.802. The van der Waals surface area contributed by atoms with Gasteiger partial charge in [0.05, 0.1) is 5.69 Å². The van der Waals surface area contributed by atoms with Crippen LogP contribution in [0.2, 0.25) is 0 Å². The van der Waals surface area contributed by atoms with Crippen LogP contribution in [0.15, 0.2) is 30.3 Å². The first-order valence-electron chi connectivity index (χ1n) is 5.71. The van der Waals surface area contributed by atoms with Gasteiger partial charge in [0.15, 0.2) is 5.69 Å². The summed E-state index contributed by atoms with van der Waals surface area (Å²) in [5.74, 6) is 0. The summed E-state index contributed by atoms with van der Waals surface area (Å²) in [4.78, 5) is 0. The number of nitriles is 1. The van der Waals surface area contributed by atoms with Gasteiger partial charge in [-0.25, -0.2) is 4.68 Å². The lowest BCUT2D eigenvalue weighted by Crippen LogP contribution is -2.06. The molecule has 4 heteroatoms. The Hall–Kier alpha value is -2.15. The highest BCUT2D eigenvalue weighted by atomic mass is 15.4. The van der Waals surface area contributed by atoms with Crippen molar-refractivity contribution in [2.45, 2.75) is 26.3 Å². The van der Waals surface area contributed by atoms with Crippen LogP contribution in [0.25, 0.3) is 0 Å². The van der Waals surface area contributed by atoms with Crippen molar-refractivity contribution in [3.63, 3.8) is 0 Å². The molecule has 0 saturated heterocycles. The number of hydrogen-bond donors (Lipinski definition) is 0. The smallest absolute Gasteiger partial charge is 0.186 e. The van der Waals surface area contributed by atoms with E-state index in [1.807, 2.05) is 35.0 Å². The topological polar surface area (TPSA) is 54.5 Å². The minimum Gasteiger partial charge on any atom is -0.248 e. The molecule has 0 radical (unpaired) electrons. The minimum atomic E-state index is 0.433. The van der Waals surface area contributed by atoms with Gasteiger partial charge in [0.1, 0.15) is 6.07 Å². The van der Waals surface area contributed by atoms with Crippen molar-refractivity contribution in [1.82, 2.24) is 15.0 Å². The van der Waals surface area contributed by atoms with Gasteiger partial charge < -0.3 is 0 Å². The number of nitrogens with zero attached hydrogens (tertiary/aromatic N) is 4. The van der Waals surface area contributed by atoms with Crippen LogP contribution in [-0.4, -0.2) is 15.0 Å². The number of aromatic nitrogens is 3. The number of hydrogen-bond acceptors (Lipinski definition) is 3. The molecule has 2 rings (SSSR count). The van der Waals surface area contributed by atoms with Gasteiger partial charge in [0.2, 0.25) is 0 Å². The predicted octanol–water partition coefficient (Wildman–Crippen LogP) is 2.15. The summed E-state index contributed by atoms with van der Waals surface area (Å²) in [6.07, 6.45) is 1.69. The van der Waals surface area contributed by atoms with Crippen LogP contribution in [0.3, 0.4) is 0 Å². The van der Waals surface area contributed by atoms with E-state index in [-0.39, 0.29) is 0 Å². The molecule has 0 aliphatic heterocycles. The summed E-state index contributed by atoms with van der Waals surface area (Å²) < 4.78 is 1.82. The molecular formula is C13H14N4. The third kappa shape index (κ3) is 2.51. The lowest BCUT2D eigenvalue weighted by molar-refractivity contribution is 0.560. The van der Waals surface area contributed by atoms with Crippen molar-refractivity contribution in [3.05, 3.63) is 47.3 Å². The Morgan fingerprint density at radius 3 is 2.71 bits per heavy atom. The summed E-state index contributed by atoms with van der Waals surface area (Å²) >= 11 is 0. The summed E-state index contributed by atoms with van der Waals surface area (Å²) in [5.41, 5.74) is 2.51. The number of aryl methyl sites for hydroxylation is 1. The molecule has 4 nitrogen and oxygen atoms in total. The average molecular weight is 226 g/mol. The van der Waals surface area contributed by atoms with E-state index >= 15 is 0 Å². The Morgan fingerprint density at radius 2 is 2.06 bits per heavy atom. The molecular weight excluding hydrogens is 212 g/mol. The lowest BCUT2D eigenvalue weighted by atomic mass is 10.1. The van der Waals surface area contributed by atoms with Crippen molar-refractivity contribution in [1.29, 1.82) is 5.26 Å². The van der Waals surface area contributed by atoms with Crippen LogP contribution >= 0.6 is 0 Å². The summed E-state index contributed by atoms with van der Waals surface area (Å²) in [6, 6.07) is 12.2. The van der Waals surface area contributed by atoms with E-state index in [0.717, 1.165) is 18.7 Å². The second kappa shape index (κ2) is 5.26. The largest absolute Gasteiger partial charge is 0.248 e. The Bertz CT molecular complexity index is 522. The fourth-order valence-corrected chi connectivity index (χ4v) is 1.78. The van der Waals surface area contributed by atoms with Gasteiger partial charge in [0.25, 0.3) is 0 Å². The van der Waals surface area contributed by atoms with E-state index in [4.69, 9.17) is 5.26 Å². The van der Waals surface area contributed by atoms with E-state index in [1.54, 1.807) is 0 Å². The Balaban J connectivity index is 2.31. The monoisotopic (exact) mass is 226 g/mol. The van der Waals surface area contributed by atoms with Crippen LogP contribution in [0.4, 0.5) is 0 Å². The van der Waals surface area contributed by atoms with Gasteiger partial charge in [-0.3, -0.25) is 0 Å². The predicted molar refractivity (Wildman–Crippen MR) is 64.3 cm³/mol. The maximum absolute atomic E-state index is 9.01. The SMILES string of the molecule is CCCn1nnc(C#N)c1Cc1ccccc1. The van der Waals surface area contributed by atoms with Crippen LogP contribution in [0, 0.1) is 11.3 Å². The van der Waals surface area contributed by atoms with E-state index in [0.29, 0.717) is 12.1 Å². The van der Waals surface area contributed by atoms with Gasteiger partial charge in [-0.15, -0.1) is 5.10 Å². The molecule has 0 unspecified atom stereocenters. The lowest BCUT2D eigenvalue weighted by Gasteiger charge is -2.04. The van der Waals surface area contributed by atoms with Gasteiger partial charge in [-0.2, -0.15) is 5.26 Å². The summed E-state index contributed by atoms with van der Waals surface area (Å²) in [7, 11) is 0. The van der Waals surface area contributed by atoms with E-state index in [1.165, 1.54) is 5.56 Å². The van der Waals surface area contributed by atoms with E-state index < -0.39 is 0 Å². The Kier molecular flexibility index (Phi) is 3.51. The zero-order chi connectivity index (χ0) is 12.1. The first kappa shape index (κ1) is 11.3. The molecule has 0 bridgehead atoms. The molecule has 0 saturated carbocycles. The molecule has 0 fully saturated rings. The number of rotatable bonds is 4. The second-order valence-electron chi connectivity index (χ2n) is 3.88. The van der Waals surface area contributed by atoms with Gasteiger partial charge >= 0.3 is 0 Å². The molecule has 17 heavy (non-hydrogen) atoms. The third-order valence-corrected chi connectivity index (χ3v) is 2.59. The van der Waals surface area contributed by atoms with Gasteiger partial charge in [0, 0.05) is 13.0 Å². The molecule has 0 spiro atoms. The maximum Gasteiger partial charge on any atom is 0.186 e. The standard InChI is InChI=1S/C13H14N4/c1-2-8-17-13(12(10-14)15-16-17)9-11-6-4-3-5-7-11/h3-7H,2,8-9H2,1H3. The maximum atomic E-state index is 9.01. The molecule has 1 heterocycles. The molecule has 0 atom stereocenters. The normalized spacial score (nSPS) is 10.1. The minimum absolute atomic E-state index is 0.433. The molecule has 2 aromatic rings. The van der Waals surface area contributed by atoms with Gasteiger partial charge in [-0.1, -0.05) is 42.5 Å². The molecule has 0 aliphatic rings. The van der Waals surface area contributed by atoms with Crippen LogP contribution < -0.4 is 0 Å².